The fourth-order valence-electron chi connectivity index (χ4n) is 5.67. The Labute approximate surface area is 170 Å². The third kappa shape index (κ3) is 2.74. The van der Waals surface area contributed by atoms with Gasteiger partial charge in [0.05, 0.1) is 17.0 Å². The number of carbonyl (C=O) groups excluding carboxylic acids is 2. The van der Waals surface area contributed by atoms with E-state index < -0.39 is 5.41 Å². The summed E-state index contributed by atoms with van der Waals surface area (Å²) >= 11 is 0. The van der Waals surface area contributed by atoms with Crippen LogP contribution in [0, 0.1) is 16.7 Å². The van der Waals surface area contributed by atoms with E-state index in [0.717, 1.165) is 37.8 Å². The number of hydrogen-bond donors (Lipinski definition) is 0. The Morgan fingerprint density at radius 3 is 2.76 bits per heavy atom. The number of nitriles is 1. The number of benzene rings is 2. The summed E-state index contributed by atoms with van der Waals surface area (Å²) < 4.78 is 0. The highest BCUT2D eigenvalue weighted by atomic mass is 16.2. The summed E-state index contributed by atoms with van der Waals surface area (Å²) in [6, 6.07) is 19.2. The topological polar surface area (TPSA) is 64.4 Å². The minimum Gasteiger partial charge on any atom is -0.338 e. The Morgan fingerprint density at radius 2 is 1.97 bits per heavy atom. The quantitative estimate of drug-likeness (QED) is 0.814. The molecule has 2 aromatic carbocycles. The van der Waals surface area contributed by atoms with Crippen molar-refractivity contribution in [2.45, 2.75) is 44.3 Å². The first-order chi connectivity index (χ1) is 14.1. The molecule has 1 spiro atoms. The molecular weight excluding hydrogens is 362 g/mol. The number of likely N-dealkylation sites (tertiary alicyclic amines) is 1. The maximum Gasteiger partial charge on any atom is 0.254 e. The average Bonchev–Trinajstić information content (AvgIpc) is 3.41. The Bertz CT molecular complexity index is 1010. The number of fused-ring (bicyclic) bond motifs is 3. The van der Waals surface area contributed by atoms with Crippen LogP contribution in [0.5, 0.6) is 0 Å². The van der Waals surface area contributed by atoms with Crippen molar-refractivity contribution in [1.82, 2.24) is 9.80 Å². The van der Waals surface area contributed by atoms with Crippen LogP contribution in [0.2, 0.25) is 0 Å². The highest BCUT2D eigenvalue weighted by Gasteiger charge is 2.63. The predicted octanol–water partition coefficient (Wildman–Crippen LogP) is 3.35. The molecule has 0 aromatic heterocycles. The summed E-state index contributed by atoms with van der Waals surface area (Å²) in [6.07, 6.45) is 3.44. The van der Waals surface area contributed by atoms with Crippen molar-refractivity contribution in [1.29, 1.82) is 5.26 Å². The highest BCUT2D eigenvalue weighted by Crippen LogP contribution is 2.55. The Hall–Kier alpha value is -3.13. The molecule has 3 heterocycles. The second-order valence-electron chi connectivity index (χ2n) is 8.47. The number of nitrogens with zero attached hydrogens (tertiary/aromatic N) is 3. The van der Waals surface area contributed by atoms with Crippen molar-refractivity contribution >= 4 is 11.8 Å². The number of carbonyl (C=O) groups is 2. The minimum atomic E-state index is -0.430. The molecule has 0 saturated carbocycles. The average molecular weight is 385 g/mol. The Morgan fingerprint density at radius 1 is 1.14 bits per heavy atom. The van der Waals surface area contributed by atoms with E-state index in [9.17, 15) is 9.59 Å². The summed E-state index contributed by atoms with van der Waals surface area (Å²) in [5, 5.41) is 9.15. The smallest absolute Gasteiger partial charge is 0.254 e. The van der Waals surface area contributed by atoms with E-state index in [2.05, 4.69) is 18.2 Å². The molecule has 146 valence electrons. The van der Waals surface area contributed by atoms with Crippen molar-refractivity contribution in [2.75, 3.05) is 6.54 Å². The molecule has 3 aliphatic heterocycles. The molecular formula is C24H23N3O2. The first-order valence-electron chi connectivity index (χ1n) is 10.3. The number of amides is 2. The van der Waals surface area contributed by atoms with Gasteiger partial charge in [0, 0.05) is 30.7 Å². The van der Waals surface area contributed by atoms with Crippen LogP contribution in [0.1, 0.15) is 47.2 Å². The molecule has 3 atom stereocenters. The Balaban J connectivity index is 1.39. The SMILES string of the molecule is N#Cc1cccc(C(=O)N2[C@H]3CC[C@H]2[C@]2(CCN(Cc4ccccc4)C2=O)C3)c1. The maximum atomic E-state index is 13.5. The van der Waals surface area contributed by atoms with Gasteiger partial charge in [-0.3, -0.25) is 9.59 Å². The predicted molar refractivity (Wildman–Crippen MR) is 108 cm³/mol. The lowest BCUT2D eigenvalue weighted by molar-refractivity contribution is -0.137. The van der Waals surface area contributed by atoms with E-state index >= 15 is 0 Å². The van der Waals surface area contributed by atoms with Gasteiger partial charge in [0.15, 0.2) is 0 Å². The molecule has 29 heavy (non-hydrogen) atoms. The number of hydrogen-bond acceptors (Lipinski definition) is 3. The first kappa shape index (κ1) is 17.9. The van der Waals surface area contributed by atoms with E-state index in [-0.39, 0.29) is 23.9 Å². The molecule has 2 amide bonds. The third-order valence-electron chi connectivity index (χ3n) is 6.97. The van der Waals surface area contributed by atoms with Gasteiger partial charge in [-0.05, 0) is 49.4 Å². The van der Waals surface area contributed by atoms with Gasteiger partial charge < -0.3 is 9.80 Å². The molecule has 0 unspecified atom stereocenters. The van der Waals surface area contributed by atoms with Crippen molar-refractivity contribution in [2.24, 2.45) is 5.41 Å². The second-order valence-corrected chi connectivity index (χ2v) is 8.47. The largest absolute Gasteiger partial charge is 0.338 e. The van der Waals surface area contributed by atoms with E-state index in [4.69, 9.17) is 5.26 Å². The molecule has 5 nitrogen and oxygen atoms in total. The van der Waals surface area contributed by atoms with E-state index in [1.807, 2.05) is 28.0 Å². The van der Waals surface area contributed by atoms with Gasteiger partial charge in [-0.25, -0.2) is 0 Å². The summed E-state index contributed by atoms with van der Waals surface area (Å²) in [5.74, 6) is 0.165. The molecule has 0 N–H and O–H groups in total. The van der Waals surface area contributed by atoms with Crippen LogP contribution in [0.4, 0.5) is 0 Å². The molecule has 0 aliphatic carbocycles. The first-order valence-corrected chi connectivity index (χ1v) is 10.3. The van der Waals surface area contributed by atoms with Gasteiger partial charge in [0.2, 0.25) is 5.91 Å². The van der Waals surface area contributed by atoms with Crippen molar-refractivity contribution in [3.8, 4) is 6.07 Å². The summed E-state index contributed by atoms with van der Waals surface area (Å²) in [6.45, 7) is 1.39. The highest BCUT2D eigenvalue weighted by molar-refractivity contribution is 5.97. The molecule has 5 rings (SSSR count). The van der Waals surface area contributed by atoms with Crippen molar-refractivity contribution in [3.05, 3.63) is 71.3 Å². The van der Waals surface area contributed by atoms with Gasteiger partial charge in [-0.15, -0.1) is 0 Å². The van der Waals surface area contributed by atoms with E-state index in [1.54, 1.807) is 24.3 Å². The van der Waals surface area contributed by atoms with Gasteiger partial charge >= 0.3 is 0 Å². The summed E-state index contributed by atoms with van der Waals surface area (Å²) in [5.41, 5.74) is 1.75. The minimum absolute atomic E-state index is 0.0287. The van der Waals surface area contributed by atoms with Crippen LogP contribution in [0.25, 0.3) is 0 Å². The monoisotopic (exact) mass is 385 g/mol. The Kier molecular flexibility index (Phi) is 4.16. The van der Waals surface area contributed by atoms with Gasteiger partial charge in [-0.2, -0.15) is 5.26 Å². The summed E-state index contributed by atoms with van der Waals surface area (Å²) in [4.78, 5) is 30.7. The van der Waals surface area contributed by atoms with Crippen molar-refractivity contribution < 1.29 is 9.59 Å². The second kappa shape index (κ2) is 6.73. The number of rotatable bonds is 3. The molecule has 3 saturated heterocycles. The molecule has 3 aliphatic rings. The zero-order valence-corrected chi connectivity index (χ0v) is 16.3. The maximum absolute atomic E-state index is 13.5. The normalized spacial score (nSPS) is 27.6. The molecule has 3 fully saturated rings. The lowest BCUT2D eigenvalue weighted by Crippen LogP contribution is -2.45. The molecule has 0 radical (unpaired) electrons. The van der Waals surface area contributed by atoms with E-state index in [0.29, 0.717) is 17.7 Å². The zero-order chi connectivity index (χ0) is 20.0. The van der Waals surface area contributed by atoms with Gasteiger partial charge in [0.1, 0.15) is 0 Å². The zero-order valence-electron chi connectivity index (χ0n) is 16.3. The van der Waals surface area contributed by atoms with Crippen LogP contribution < -0.4 is 0 Å². The molecule has 5 heteroatoms. The van der Waals surface area contributed by atoms with E-state index in [1.165, 1.54) is 0 Å². The molecule has 2 aromatic rings. The van der Waals surface area contributed by atoms with Gasteiger partial charge in [0.25, 0.3) is 5.91 Å². The third-order valence-corrected chi connectivity index (χ3v) is 6.97. The lowest BCUT2D eigenvalue weighted by Gasteiger charge is -2.32. The van der Waals surface area contributed by atoms with Crippen LogP contribution in [0.3, 0.4) is 0 Å². The molecule has 2 bridgehead atoms. The lowest BCUT2D eigenvalue weighted by atomic mass is 9.72. The fraction of sp³-hybridized carbons (Fsp3) is 0.375. The van der Waals surface area contributed by atoms with Crippen LogP contribution in [0.15, 0.2) is 54.6 Å². The van der Waals surface area contributed by atoms with Gasteiger partial charge in [-0.1, -0.05) is 36.4 Å². The summed E-state index contributed by atoms with van der Waals surface area (Å²) in [7, 11) is 0. The van der Waals surface area contributed by atoms with Crippen LogP contribution >= 0.6 is 0 Å². The fourth-order valence-corrected chi connectivity index (χ4v) is 5.67. The van der Waals surface area contributed by atoms with Crippen molar-refractivity contribution in [3.63, 3.8) is 0 Å². The standard InChI is InChI=1S/C24H23N3O2/c25-15-18-7-4-8-19(13-18)22(28)27-20-9-10-21(27)24(14-20)11-12-26(23(24)29)16-17-5-2-1-3-6-17/h1-8,13,20-21H,9-12,14,16H2/t20-,21-,24-/m0/s1. The van der Waals surface area contributed by atoms with Crippen LogP contribution in [-0.4, -0.2) is 40.2 Å². The van der Waals surface area contributed by atoms with Crippen LogP contribution in [-0.2, 0) is 11.3 Å².